The predicted molar refractivity (Wildman–Crippen MR) is 108 cm³/mol. The van der Waals surface area contributed by atoms with E-state index in [2.05, 4.69) is 29.5 Å². The molecule has 0 radical (unpaired) electrons. The van der Waals surface area contributed by atoms with Crippen LogP contribution in [0.15, 0.2) is 4.99 Å². The molecule has 0 aliphatic rings. The van der Waals surface area contributed by atoms with E-state index >= 15 is 0 Å². The number of likely N-dealkylation sites (N-methyl/N-ethyl adjacent to an activating group) is 1. The van der Waals surface area contributed by atoms with Gasteiger partial charge in [0.1, 0.15) is 6.54 Å². The highest BCUT2D eigenvalue weighted by Crippen LogP contribution is 2.05. The molecule has 1 unspecified atom stereocenters. The van der Waals surface area contributed by atoms with E-state index in [1.54, 1.807) is 26.1 Å². The first-order chi connectivity index (χ1) is 10.5. The van der Waals surface area contributed by atoms with Gasteiger partial charge in [0.15, 0.2) is 5.96 Å². The van der Waals surface area contributed by atoms with Gasteiger partial charge in [-0.05, 0) is 13.3 Å². The molecular formula is C16H35IN4O2. The smallest absolute Gasteiger partial charge is 0.243 e. The molecule has 0 heterocycles. The molecule has 0 spiro atoms. The van der Waals surface area contributed by atoms with Crippen LogP contribution >= 0.6 is 24.0 Å². The third-order valence-electron chi connectivity index (χ3n) is 3.34. The van der Waals surface area contributed by atoms with E-state index < -0.39 is 0 Å². The molecule has 0 fully saturated rings. The number of carbonyl (C=O) groups excluding carboxylic acids is 1. The summed E-state index contributed by atoms with van der Waals surface area (Å²) in [4.78, 5) is 17.5. The number of hydrogen-bond donors (Lipinski definition) is 2. The highest BCUT2D eigenvalue weighted by Gasteiger charge is 2.07. The van der Waals surface area contributed by atoms with Gasteiger partial charge in [-0.1, -0.05) is 32.6 Å². The van der Waals surface area contributed by atoms with Gasteiger partial charge < -0.3 is 20.3 Å². The van der Waals surface area contributed by atoms with Crippen LogP contribution in [0.4, 0.5) is 0 Å². The Morgan fingerprint density at radius 2 is 1.96 bits per heavy atom. The quantitative estimate of drug-likeness (QED) is 0.223. The number of nitrogens with one attached hydrogen (secondary N) is 2. The molecule has 2 N–H and O–H groups in total. The zero-order chi connectivity index (χ0) is 16.8. The highest BCUT2D eigenvalue weighted by atomic mass is 127. The molecule has 0 aromatic rings. The van der Waals surface area contributed by atoms with Gasteiger partial charge in [-0.2, -0.15) is 0 Å². The summed E-state index contributed by atoms with van der Waals surface area (Å²) in [5.41, 5.74) is 0. The second-order valence-corrected chi connectivity index (χ2v) is 5.77. The Labute approximate surface area is 158 Å². The van der Waals surface area contributed by atoms with E-state index in [4.69, 9.17) is 4.74 Å². The third-order valence-corrected chi connectivity index (χ3v) is 3.34. The van der Waals surface area contributed by atoms with E-state index in [9.17, 15) is 4.79 Å². The lowest BCUT2D eigenvalue weighted by atomic mass is 10.1. The lowest BCUT2D eigenvalue weighted by Crippen LogP contribution is -2.44. The first-order valence-corrected chi connectivity index (χ1v) is 8.25. The summed E-state index contributed by atoms with van der Waals surface area (Å²) < 4.78 is 5.03. The summed E-state index contributed by atoms with van der Waals surface area (Å²) in [6.45, 7) is 5.78. The number of aliphatic imine (C=N–C) groups is 1. The lowest BCUT2D eigenvalue weighted by Gasteiger charge is -2.18. The fourth-order valence-corrected chi connectivity index (χ4v) is 1.90. The van der Waals surface area contributed by atoms with E-state index in [1.165, 1.54) is 25.7 Å². The van der Waals surface area contributed by atoms with Crippen LogP contribution in [0.3, 0.4) is 0 Å². The number of carbonyl (C=O) groups is 1. The van der Waals surface area contributed by atoms with Gasteiger partial charge in [-0.15, -0.1) is 24.0 Å². The van der Waals surface area contributed by atoms with E-state index in [0.29, 0.717) is 25.2 Å². The van der Waals surface area contributed by atoms with Crippen LogP contribution < -0.4 is 10.6 Å². The second kappa shape index (κ2) is 16.3. The summed E-state index contributed by atoms with van der Waals surface area (Å²) in [5.74, 6) is 0.665. The van der Waals surface area contributed by atoms with Crippen LogP contribution in [0.1, 0.15) is 46.0 Å². The molecule has 138 valence electrons. The maximum atomic E-state index is 11.6. The van der Waals surface area contributed by atoms with Crippen molar-refractivity contribution in [2.45, 2.75) is 52.0 Å². The minimum Gasteiger partial charge on any atom is -0.383 e. The first-order valence-electron chi connectivity index (χ1n) is 8.25. The molecule has 0 aromatic heterocycles. The van der Waals surface area contributed by atoms with Gasteiger partial charge in [-0.3, -0.25) is 4.79 Å². The first kappa shape index (κ1) is 24.7. The Morgan fingerprint density at radius 3 is 2.52 bits per heavy atom. The van der Waals surface area contributed by atoms with Crippen LogP contribution in [0.25, 0.3) is 0 Å². The van der Waals surface area contributed by atoms with Crippen molar-refractivity contribution in [1.82, 2.24) is 15.5 Å². The van der Waals surface area contributed by atoms with Gasteiger partial charge in [0, 0.05) is 33.8 Å². The maximum Gasteiger partial charge on any atom is 0.243 e. The number of unbranched alkanes of at least 4 members (excludes halogenated alkanes) is 3. The number of amides is 1. The minimum absolute atomic E-state index is 0. The van der Waals surface area contributed by atoms with Crippen LogP contribution in [-0.2, 0) is 9.53 Å². The van der Waals surface area contributed by atoms with Crippen LogP contribution in [0.2, 0.25) is 0 Å². The van der Waals surface area contributed by atoms with Crippen molar-refractivity contribution in [3.8, 4) is 0 Å². The van der Waals surface area contributed by atoms with Gasteiger partial charge in [-0.25, -0.2) is 4.99 Å². The fraction of sp³-hybridized carbons (Fsp3) is 0.875. The van der Waals surface area contributed by atoms with Crippen molar-refractivity contribution in [2.75, 3.05) is 40.9 Å². The Kier molecular flexibility index (Phi) is 17.5. The van der Waals surface area contributed by atoms with Crippen LogP contribution in [0.5, 0.6) is 0 Å². The Hall–Kier alpha value is -0.570. The van der Waals surface area contributed by atoms with Gasteiger partial charge in [0.25, 0.3) is 0 Å². The van der Waals surface area contributed by atoms with Gasteiger partial charge in [0.05, 0.1) is 6.61 Å². The molecule has 0 saturated heterocycles. The molecule has 0 aliphatic carbocycles. The van der Waals surface area contributed by atoms with Crippen molar-refractivity contribution >= 4 is 35.8 Å². The number of hydrogen-bond acceptors (Lipinski definition) is 3. The average Bonchev–Trinajstić information content (AvgIpc) is 2.48. The number of rotatable bonds is 11. The number of nitrogens with zero attached hydrogens (tertiary/aromatic N) is 2. The molecule has 0 aromatic carbocycles. The molecule has 1 amide bonds. The Balaban J connectivity index is 0. The highest BCUT2D eigenvalue weighted by molar-refractivity contribution is 14.0. The monoisotopic (exact) mass is 442 g/mol. The standard InChI is InChI=1S/C16H34N4O2.HI/c1-6-7-8-9-10-14(2)19-16(17-11-12-22-5)18-13-15(21)20(3)4;/h14H,6-13H2,1-5H3,(H2,17,18,19);1H. The minimum atomic E-state index is -0.0107. The summed E-state index contributed by atoms with van der Waals surface area (Å²) in [5, 5.41) is 6.55. The van der Waals surface area contributed by atoms with Crippen molar-refractivity contribution in [1.29, 1.82) is 0 Å². The summed E-state index contributed by atoms with van der Waals surface area (Å²) in [6.07, 6.45) is 6.12. The van der Waals surface area contributed by atoms with E-state index in [1.807, 2.05) is 0 Å². The topological polar surface area (TPSA) is 66.0 Å². The van der Waals surface area contributed by atoms with E-state index in [-0.39, 0.29) is 36.4 Å². The number of methoxy groups -OCH3 is 1. The molecule has 0 aliphatic heterocycles. The molecule has 1 atom stereocenters. The fourth-order valence-electron chi connectivity index (χ4n) is 1.90. The largest absolute Gasteiger partial charge is 0.383 e. The van der Waals surface area contributed by atoms with Crippen LogP contribution in [0, 0.1) is 0 Å². The zero-order valence-electron chi connectivity index (χ0n) is 15.4. The average molecular weight is 442 g/mol. The predicted octanol–water partition coefficient (Wildman–Crippen LogP) is 2.23. The molecule has 6 nitrogen and oxygen atoms in total. The lowest BCUT2D eigenvalue weighted by molar-refractivity contribution is -0.127. The second-order valence-electron chi connectivity index (χ2n) is 5.77. The number of guanidine groups is 1. The normalized spacial score (nSPS) is 12.3. The number of halogens is 1. The van der Waals surface area contributed by atoms with Crippen molar-refractivity contribution in [3.63, 3.8) is 0 Å². The van der Waals surface area contributed by atoms with Crippen molar-refractivity contribution in [3.05, 3.63) is 0 Å². The van der Waals surface area contributed by atoms with Gasteiger partial charge >= 0.3 is 0 Å². The summed E-state index contributed by atoms with van der Waals surface area (Å²) >= 11 is 0. The molecule has 0 rings (SSSR count). The molecule has 0 saturated carbocycles. The van der Waals surface area contributed by atoms with Gasteiger partial charge in [0.2, 0.25) is 5.91 Å². The SMILES string of the molecule is CCCCCCC(C)NC(=NCC(=O)N(C)C)NCCOC.I. The summed E-state index contributed by atoms with van der Waals surface area (Å²) in [7, 11) is 5.14. The molecule has 0 bridgehead atoms. The summed E-state index contributed by atoms with van der Waals surface area (Å²) in [6, 6.07) is 0.333. The number of ether oxygens (including phenoxy) is 1. The van der Waals surface area contributed by atoms with E-state index in [0.717, 1.165) is 6.42 Å². The van der Waals surface area contributed by atoms with Crippen molar-refractivity contribution < 1.29 is 9.53 Å². The maximum absolute atomic E-state index is 11.6. The Morgan fingerprint density at radius 1 is 1.26 bits per heavy atom. The Bertz CT molecular complexity index is 325. The zero-order valence-corrected chi connectivity index (χ0v) is 17.7. The molecule has 23 heavy (non-hydrogen) atoms. The van der Waals surface area contributed by atoms with Crippen molar-refractivity contribution in [2.24, 2.45) is 4.99 Å². The molecule has 7 heteroatoms. The third kappa shape index (κ3) is 14.7. The molecular weight excluding hydrogens is 407 g/mol. The van der Waals surface area contributed by atoms with Crippen LogP contribution in [-0.4, -0.2) is 63.7 Å².